The summed E-state index contributed by atoms with van der Waals surface area (Å²) in [5.74, 6) is -1.96. The molecule has 0 heterocycles. The summed E-state index contributed by atoms with van der Waals surface area (Å²) < 4.78 is 4.66. The van der Waals surface area contributed by atoms with E-state index in [1.54, 1.807) is 20.8 Å². The van der Waals surface area contributed by atoms with Crippen molar-refractivity contribution >= 4 is 11.8 Å². The van der Waals surface area contributed by atoms with Crippen LogP contribution in [-0.2, 0) is 14.3 Å². The van der Waals surface area contributed by atoms with Crippen molar-refractivity contribution in [3.63, 3.8) is 0 Å². The third-order valence-electron chi connectivity index (χ3n) is 2.02. The number of esters is 1. The van der Waals surface area contributed by atoms with Gasteiger partial charge in [-0.2, -0.15) is 0 Å². The van der Waals surface area contributed by atoms with Gasteiger partial charge in [-0.15, -0.1) is 0 Å². The Balaban J connectivity index is 5.72. The molecule has 0 saturated carbocycles. The zero-order valence-corrected chi connectivity index (χ0v) is 11.3. The first-order valence-electron chi connectivity index (χ1n) is 5.56. The summed E-state index contributed by atoms with van der Waals surface area (Å²) in [6, 6.07) is 0. The summed E-state index contributed by atoms with van der Waals surface area (Å²) in [5, 5.41) is 6.17. The number of carbonyl (C=O) groups is 2. The van der Waals surface area contributed by atoms with Crippen LogP contribution >= 0.6 is 0 Å². The Bertz CT molecular complexity index is 436. The van der Waals surface area contributed by atoms with E-state index < -0.39 is 22.8 Å². The molecule has 0 aliphatic carbocycles. The molecule has 0 aromatic carbocycles. The van der Waals surface area contributed by atoms with E-state index in [0.717, 1.165) is 0 Å². The highest BCUT2D eigenvalue weighted by molar-refractivity contribution is 6.08. The van der Waals surface area contributed by atoms with Crippen molar-refractivity contribution in [3.05, 3.63) is 20.9 Å². The number of ketones is 1. The van der Waals surface area contributed by atoms with Crippen LogP contribution in [-0.4, -0.2) is 24.0 Å². The van der Waals surface area contributed by atoms with Crippen LogP contribution in [0.2, 0.25) is 0 Å². The van der Waals surface area contributed by atoms with Crippen LogP contribution in [0.25, 0.3) is 20.9 Å². The van der Waals surface area contributed by atoms with Crippen LogP contribution in [0.15, 0.2) is 10.2 Å². The highest BCUT2D eigenvalue weighted by Crippen LogP contribution is 2.27. The molecule has 9 nitrogen and oxygen atoms in total. The summed E-state index contributed by atoms with van der Waals surface area (Å²) in [6.45, 7) is 6.75. The Morgan fingerprint density at radius 1 is 1.16 bits per heavy atom. The molecule has 9 heteroatoms. The molecule has 0 aromatic rings. The van der Waals surface area contributed by atoms with Crippen molar-refractivity contribution < 1.29 is 14.3 Å². The number of rotatable bonds is 6. The van der Waals surface area contributed by atoms with E-state index in [2.05, 4.69) is 24.8 Å². The summed E-state index contributed by atoms with van der Waals surface area (Å²) >= 11 is 0. The minimum absolute atomic E-state index is 0.0364. The third kappa shape index (κ3) is 4.50. The maximum absolute atomic E-state index is 12.1. The van der Waals surface area contributed by atoms with Gasteiger partial charge in [-0.1, -0.05) is 31.0 Å². The first-order chi connectivity index (χ1) is 8.73. The third-order valence-corrected chi connectivity index (χ3v) is 2.02. The minimum atomic E-state index is -2.51. The average Bonchev–Trinajstić information content (AvgIpc) is 2.26. The zero-order valence-electron chi connectivity index (χ0n) is 11.3. The number of nitrogens with zero attached hydrogens (tertiary/aromatic N) is 6. The molecule has 0 aliphatic rings. The number of azide groups is 1. The van der Waals surface area contributed by atoms with Crippen LogP contribution in [0.4, 0.5) is 0 Å². The van der Waals surface area contributed by atoms with Crippen molar-refractivity contribution in [1.82, 2.24) is 0 Å². The maximum Gasteiger partial charge on any atom is 0.331 e. The molecule has 0 atom stereocenters. The molecule has 0 aromatic heterocycles. The predicted molar refractivity (Wildman–Crippen MR) is 66.7 cm³/mol. The number of ether oxygens (including phenoxy) is 1. The van der Waals surface area contributed by atoms with Gasteiger partial charge in [-0.3, -0.25) is 9.59 Å². The van der Waals surface area contributed by atoms with Gasteiger partial charge in [-0.05, 0) is 23.4 Å². The normalized spacial score (nSPS) is 13.5. The van der Waals surface area contributed by atoms with Crippen LogP contribution in [0.3, 0.4) is 0 Å². The van der Waals surface area contributed by atoms with Gasteiger partial charge in [0, 0.05) is 16.2 Å². The lowest BCUT2D eigenvalue weighted by molar-refractivity contribution is -0.153. The van der Waals surface area contributed by atoms with Crippen molar-refractivity contribution in [2.45, 2.75) is 39.8 Å². The largest absolute Gasteiger partial charge is 0.465 e. The van der Waals surface area contributed by atoms with E-state index in [0.29, 0.717) is 0 Å². The van der Waals surface area contributed by atoms with Gasteiger partial charge in [0.1, 0.15) is 0 Å². The predicted octanol–water partition coefficient (Wildman–Crippen LogP) is 2.87. The van der Waals surface area contributed by atoms with Gasteiger partial charge < -0.3 is 4.74 Å². The fourth-order valence-electron chi connectivity index (χ4n) is 1.29. The number of Topliss-reactive ketones (excluding diaryl/α,β-unsaturated/α-hetero) is 1. The molecule has 0 fully saturated rings. The molecule has 0 bridgehead atoms. The Morgan fingerprint density at radius 2 is 1.63 bits per heavy atom. The van der Waals surface area contributed by atoms with E-state index >= 15 is 0 Å². The lowest BCUT2D eigenvalue weighted by Crippen LogP contribution is -2.45. The molecule has 0 aliphatic heterocycles. The highest BCUT2D eigenvalue weighted by atomic mass is 16.5. The monoisotopic (exact) mass is 268 g/mol. The molecule has 19 heavy (non-hydrogen) atoms. The Hall–Kier alpha value is -2.24. The molecule has 0 N–H and O–H groups in total. The molecule has 0 amide bonds. The van der Waals surface area contributed by atoms with E-state index in [9.17, 15) is 9.59 Å². The molecule has 0 unspecified atom stereocenters. The van der Waals surface area contributed by atoms with Crippen LogP contribution < -0.4 is 0 Å². The topological polar surface area (TPSA) is 141 Å². The smallest absolute Gasteiger partial charge is 0.331 e. The summed E-state index contributed by atoms with van der Waals surface area (Å²) in [5.41, 5.74) is 14.0. The van der Waals surface area contributed by atoms with Gasteiger partial charge in [0.2, 0.25) is 0 Å². The second-order valence-electron chi connectivity index (χ2n) is 4.93. The van der Waals surface area contributed by atoms with Crippen molar-refractivity contribution in [2.24, 2.45) is 15.6 Å². The maximum atomic E-state index is 12.1. The standard InChI is InChI=1S/C10H16N6O3/c1-5-19-8(18)10(13-15-11,14-16-12)7(17)6-9(2,3)4/h5-6H2,1-4H3. The molecular weight excluding hydrogens is 252 g/mol. The zero-order chi connectivity index (χ0) is 15.1. The lowest BCUT2D eigenvalue weighted by atomic mass is 9.86. The van der Waals surface area contributed by atoms with Crippen molar-refractivity contribution in [1.29, 1.82) is 0 Å². The van der Waals surface area contributed by atoms with Gasteiger partial charge in [0.15, 0.2) is 5.78 Å². The van der Waals surface area contributed by atoms with Gasteiger partial charge in [0.05, 0.1) is 6.61 Å². The van der Waals surface area contributed by atoms with Crippen LogP contribution in [0.5, 0.6) is 0 Å². The molecule has 0 saturated heterocycles. The van der Waals surface area contributed by atoms with Gasteiger partial charge in [0.25, 0.3) is 5.66 Å². The van der Waals surface area contributed by atoms with E-state index in [4.69, 9.17) is 11.1 Å². The van der Waals surface area contributed by atoms with Gasteiger partial charge in [-0.25, -0.2) is 0 Å². The summed E-state index contributed by atoms with van der Waals surface area (Å²) in [6.07, 6.45) is -0.107. The highest BCUT2D eigenvalue weighted by Gasteiger charge is 2.47. The Morgan fingerprint density at radius 3 is 1.95 bits per heavy atom. The Kier molecular flexibility index (Phi) is 5.85. The Labute approximate surface area is 110 Å². The summed E-state index contributed by atoms with van der Waals surface area (Å²) in [4.78, 5) is 28.8. The molecule has 0 spiro atoms. The lowest BCUT2D eigenvalue weighted by Gasteiger charge is -2.24. The fraction of sp³-hybridized carbons (Fsp3) is 0.800. The first kappa shape index (κ1) is 16.8. The molecule has 0 rings (SSSR count). The number of hydrogen-bond acceptors (Lipinski definition) is 5. The van der Waals surface area contributed by atoms with Crippen molar-refractivity contribution in [2.75, 3.05) is 6.61 Å². The first-order valence-corrected chi connectivity index (χ1v) is 5.56. The van der Waals surface area contributed by atoms with E-state index in [1.807, 2.05) is 0 Å². The molecule has 104 valence electrons. The molecule has 0 radical (unpaired) electrons. The number of hydrogen-bond donors (Lipinski definition) is 0. The second-order valence-corrected chi connectivity index (χ2v) is 4.93. The quantitative estimate of drug-likeness (QED) is 0.240. The van der Waals surface area contributed by atoms with E-state index in [1.165, 1.54) is 6.92 Å². The number of carbonyl (C=O) groups excluding carboxylic acids is 2. The second kappa shape index (κ2) is 6.63. The SMILES string of the molecule is CCOC(=O)C(N=[N+]=[N-])(N=[N+]=[N-])C(=O)CC(C)(C)C. The van der Waals surface area contributed by atoms with Crippen LogP contribution in [0, 0.1) is 5.41 Å². The van der Waals surface area contributed by atoms with Crippen molar-refractivity contribution in [3.8, 4) is 0 Å². The van der Waals surface area contributed by atoms with Crippen LogP contribution in [0.1, 0.15) is 34.1 Å². The fourth-order valence-corrected chi connectivity index (χ4v) is 1.29. The molecular formula is C10H16N6O3. The summed E-state index contributed by atoms with van der Waals surface area (Å²) in [7, 11) is 0. The minimum Gasteiger partial charge on any atom is -0.465 e. The average molecular weight is 268 g/mol. The van der Waals surface area contributed by atoms with E-state index in [-0.39, 0.29) is 13.0 Å². The van der Waals surface area contributed by atoms with Gasteiger partial charge >= 0.3 is 5.97 Å².